The van der Waals surface area contributed by atoms with E-state index in [1.54, 1.807) is 6.07 Å². The molecule has 3 nitrogen and oxygen atoms in total. The summed E-state index contributed by atoms with van der Waals surface area (Å²) >= 11 is 5.86. The van der Waals surface area contributed by atoms with Crippen molar-refractivity contribution in [2.45, 2.75) is 6.61 Å². The van der Waals surface area contributed by atoms with E-state index in [0.717, 1.165) is 11.3 Å². The zero-order valence-corrected chi connectivity index (χ0v) is 7.67. The highest BCUT2D eigenvalue weighted by Crippen LogP contribution is 2.36. The predicted octanol–water partition coefficient (Wildman–Crippen LogP) is 2.54. The van der Waals surface area contributed by atoms with Crippen LogP contribution in [0, 0.1) is 0 Å². The van der Waals surface area contributed by atoms with Gasteiger partial charge in [0.05, 0.1) is 6.61 Å². The van der Waals surface area contributed by atoms with Gasteiger partial charge < -0.3 is 9.47 Å². The van der Waals surface area contributed by atoms with Crippen molar-refractivity contribution in [2.75, 3.05) is 6.79 Å². The van der Waals surface area contributed by atoms with Gasteiger partial charge in [0, 0.05) is 10.6 Å². The Morgan fingerprint density at radius 2 is 2.31 bits per heavy atom. The van der Waals surface area contributed by atoms with Crippen LogP contribution in [-0.2, 0) is 11.3 Å². The number of rotatable bonds is 1. The van der Waals surface area contributed by atoms with Crippen molar-refractivity contribution in [3.8, 4) is 5.75 Å². The summed E-state index contributed by atoms with van der Waals surface area (Å²) in [7, 11) is 0. The molecule has 0 fully saturated rings. The number of aliphatic imine (C=N–C) groups is 1. The number of fused-ring (bicyclic) bond motifs is 1. The molecule has 0 amide bonds. The number of nitrogens with zero attached hydrogens (tertiary/aromatic N) is 1. The summed E-state index contributed by atoms with van der Waals surface area (Å²) in [5, 5.41) is 0.621. The summed E-state index contributed by atoms with van der Waals surface area (Å²) in [6.45, 7) is 4.22. The first-order valence-electron chi connectivity index (χ1n) is 3.81. The average molecular weight is 198 g/mol. The van der Waals surface area contributed by atoms with Gasteiger partial charge in [0.2, 0.25) is 0 Å². The first kappa shape index (κ1) is 8.53. The molecule has 1 aliphatic heterocycles. The van der Waals surface area contributed by atoms with E-state index in [4.69, 9.17) is 21.1 Å². The molecule has 1 aliphatic rings. The van der Waals surface area contributed by atoms with E-state index < -0.39 is 0 Å². The molecule has 0 unspecified atom stereocenters. The van der Waals surface area contributed by atoms with E-state index in [2.05, 4.69) is 11.7 Å². The molecule has 2 rings (SSSR count). The average Bonchev–Trinajstić information content (AvgIpc) is 2.16. The lowest BCUT2D eigenvalue weighted by molar-refractivity contribution is -0.0158. The van der Waals surface area contributed by atoms with Gasteiger partial charge in [-0.15, -0.1) is 0 Å². The molecule has 1 aromatic rings. The first-order valence-corrected chi connectivity index (χ1v) is 4.19. The van der Waals surface area contributed by atoms with Crippen molar-refractivity contribution in [3.05, 3.63) is 22.7 Å². The van der Waals surface area contributed by atoms with Crippen molar-refractivity contribution < 1.29 is 9.47 Å². The Balaban J connectivity index is 2.56. The number of hydrogen-bond acceptors (Lipinski definition) is 3. The van der Waals surface area contributed by atoms with Gasteiger partial charge in [0.25, 0.3) is 0 Å². The molecule has 0 atom stereocenters. The second kappa shape index (κ2) is 3.36. The topological polar surface area (TPSA) is 30.8 Å². The van der Waals surface area contributed by atoms with Gasteiger partial charge in [-0.1, -0.05) is 11.6 Å². The summed E-state index contributed by atoms with van der Waals surface area (Å²) in [4.78, 5) is 3.83. The van der Waals surface area contributed by atoms with E-state index >= 15 is 0 Å². The lowest BCUT2D eigenvalue weighted by Gasteiger charge is -2.19. The molecule has 0 radical (unpaired) electrons. The molecule has 4 heteroatoms. The zero-order valence-electron chi connectivity index (χ0n) is 6.92. The fourth-order valence-electron chi connectivity index (χ4n) is 1.28. The summed E-state index contributed by atoms with van der Waals surface area (Å²) in [5.74, 6) is 0.727. The molecule has 68 valence electrons. The molecule has 0 saturated heterocycles. The highest BCUT2D eigenvalue weighted by Gasteiger charge is 2.15. The number of benzene rings is 1. The lowest BCUT2D eigenvalue weighted by atomic mass is 10.2. The maximum Gasteiger partial charge on any atom is 0.189 e. The van der Waals surface area contributed by atoms with Crippen LogP contribution in [0.5, 0.6) is 5.75 Å². The molecular formula is C9H8ClNO2. The molecule has 0 aromatic heterocycles. The highest BCUT2D eigenvalue weighted by atomic mass is 35.5. The van der Waals surface area contributed by atoms with E-state index in [1.807, 2.05) is 6.07 Å². The fraction of sp³-hybridized carbons (Fsp3) is 0.222. The van der Waals surface area contributed by atoms with Crippen LogP contribution in [0.4, 0.5) is 5.69 Å². The highest BCUT2D eigenvalue weighted by molar-refractivity contribution is 6.31. The molecular weight excluding hydrogens is 190 g/mol. The summed E-state index contributed by atoms with van der Waals surface area (Å²) < 4.78 is 10.4. The van der Waals surface area contributed by atoms with Crippen LogP contribution in [0.2, 0.25) is 5.02 Å². The fourth-order valence-corrected chi connectivity index (χ4v) is 1.51. The van der Waals surface area contributed by atoms with E-state index in [-0.39, 0.29) is 6.79 Å². The smallest absolute Gasteiger partial charge is 0.189 e. The van der Waals surface area contributed by atoms with Crippen molar-refractivity contribution >= 4 is 24.0 Å². The molecule has 0 spiro atoms. The monoisotopic (exact) mass is 197 g/mol. The number of hydrogen-bond donors (Lipinski definition) is 0. The minimum absolute atomic E-state index is 0.261. The quantitative estimate of drug-likeness (QED) is 0.648. The van der Waals surface area contributed by atoms with Crippen LogP contribution >= 0.6 is 11.6 Å². The van der Waals surface area contributed by atoms with E-state index in [0.29, 0.717) is 17.3 Å². The van der Waals surface area contributed by atoms with Gasteiger partial charge in [0.1, 0.15) is 5.69 Å². The van der Waals surface area contributed by atoms with Gasteiger partial charge in [-0.3, -0.25) is 4.99 Å². The van der Waals surface area contributed by atoms with Gasteiger partial charge in [-0.2, -0.15) is 0 Å². The molecule has 1 heterocycles. The van der Waals surface area contributed by atoms with Gasteiger partial charge in [-0.05, 0) is 18.9 Å². The van der Waals surface area contributed by atoms with Crippen LogP contribution in [0.3, 0.4) is 0 Å². The second-order valence-corrected chi connectivity index (χ2v) is 3.12. The summed E-state index contributed by atoms with van der Waals surface area (Å²) in [6, 6.07) is 3.53. The van der Waals surface area contributed by atoms with Gasteiger partial charge in [0.15, 0.2) is 12.5 Å². The Kier molecular flexibility index (Phi) is 2.20. The van der Waals surface area contributed by atoms with Crippen molar-refractivity contribution in [3.63, 3.8) is 0 Å². The first-order chi connectivity index (χ1) is 6.31. The number of ether oxygens (including phenoxy) is 2. The Labute approximate surface area is 80.9 Å². The predicted molar refractivity (Wildman–Crippen MR) is 50.9 cm³/mol. The Bertz CT molecular complexity index is 352. The van der Waals surface area contributed by atoms with Crippen LogP contribution in [0.1, 0.15) is 5.56 Å². The van der Waals surface area contributed by atoms with E-state index in [1.165, 1.54) is 0 Å². The maximum absolute atomic E-state index is 5.86. The van der Waals surface area contributed by atoms with Crippen LogP contribution in [0.25, 0.3) is 0 Å². The Morgan fingerprint density at radius 1 is 1.46 bits per heavy atom. The molecule has 1 aromatic carbocycles. The van der Waals surface area contributed by atoms with Crippen molar-refractivity contribution in [1.29, 1.82) is 0 Å². The van der Waals surface area contributed by atoms with Crippen molar-refractivity contribution in [1.82, 2.24) is 0 Å². The van der Waals surface area contributed by atoms with Crippen molar-refractivity contribution in [2.24, 2.45) is 4.99 Å². The third-order valence-electron chi connectivity index (χ3n) is 1.83. The van der Waals surface area contributed by atoms with Gasteiger partial charge >= 0.3 is 0 Å². The van der Waals surface area contributed by atoms with Crippen LogP contribution in [0.15, 0.2) is 17.1 Å². The van der Waals surface area contributed by atoms with Crippen LogP contribution in [-0.4, -0.2) is 13.5 Å². The molecule has 0 aliphatic carbocycles. The molecule has 0 saturated carbocycles. The Morgan fingerprint density at radius 3 is 3.08 bits per heavy atom. The largest absolute Gasteiger partial charge is 0.465 e. The number of halogens is 1. The van der Waals surface area contributed by atoms with E-state index in [9.17, 15) is 0 Å². The van der Waals surface area contributed by atoms with Crippen LogP contribution < -0.4 is 4.74 Å². The standard InChI is InChI=1S/C9H8ClNO2/c1-11-8-3-7(10)2-6-4-12-5-13-9(6)8/h2-3H,1,4-5H2. The summed E-state index contributed by atoms with van der Waals surface area (Å²) in [5.41, 5.74) is 1.59. The zero-order chi connectivity index (χ0) is 9.26. The third kappa shape index (κ3) is 1.53. The van der Waals surface area contributed by atoms with Gasteiger partial charge in [-0.25, -0.2) is 0 Å². The lowest BCUT2D eigenvalue weighted by Crippen LogP contribution is -2.11. The third-order valence-corrected chi connectivity index (χ3v) is 2.04. The normalized spacial score (nSPS) is 14.5. The molecule has 0 bridgehead atoms. The molecule has 0 N–H and O–H groups in total. The molecule has 13 heavy (non-hydrogen) atoms. The second-order valence-electron chi connectivity index (χ2n) is 2.68. The summed E-state index contributed by atoms with van der Waals surface area (Å²) in [6.07, 6.45) is 0. The minimum atomic E-state index is 0.261. The minimum Gasteiger partial charge on any atom is -0.465 e. The Hall–Kier alpha value is -1.06. The SMILES string of the molecule is C=Nc1cc(Cl)cc2c1OCOC2. The maximum atomic E-state index is 5.86.